The van der Waals surface area contributed by atoms with Gasteiger partial charge in [-0.25, -0.2) is 4.39 Å². The number of nitrogens with zero attached hydrogens (tertiary/aromatic N) is 2. The van der Waals surface area contributed by atoms with Crippen LogP contribution in [0.4, 0.5) is 4.39 Å². The van der Waals surface area contributed by atoms with Crippen molar-refractivity contribution in [3.05, 3.63) is 99.3 Å². The Balaban J connectivity index is 1.20. The van der Waals surface area contributed by atoms with E-state index in [-0.39, 0.29) is 55.0 Å². The number of rotatable bonds is 15. The molecule has 3 aliphatic rings. The first-order valence-corrected chi connectivity index (χ1v) is 18.1. The third kappa shape index (κ3) is 9.28. The zero-order chi connectivity index (χ0) is 36.1. The van der Waals surface area contributed by atoms with Crippen LogP contribution in [0.1, 0.15) is 60.8 Å². The van der Waals surface area contributed by atoms with Gasteiger partial charge in [0.05, 0.1) is 11.1 Å². The molecule has 11 heteroatoms. The maximum absolute atomic E-state index is 14.6. The van der Waals surface area contributed by atoms with E-state index in [9.17, 15) is 18.8 Å². The van der Waals surface area contributed by atoms with Gasteiger partial charge >= 0.3 is 5.97 Å². The van der Waals surface area contributed by atoms with Crippen LogP contribution in [0, 0.1) is 19.7 Å². The molecule has 2 aliphatic heterocycles. The molecule has 3 aromatic rings. The number of aryl methyl sites for hydroxylation is 2. The second kappa shape index (κ2) is 16.3. The van der Waals surface area contributed by atoms with Crippen LogP contribution in [0.5, 0.6) is 11.5 Å². The van der Waals surface area contributed by atoms with E-state index in [0.29, 0.717) is 67.8 Å². The SMILES string of the molecule is Cc1cc(Cl)c(OCCOc2ccc(C3=C(C(=O)N(CCc4ccc(F)cc4)C4CC4)[C@H]4CN(C(=O)CCCC(=O)O)C[C@@H](C3)N4)cc2)cc1C. The summed E-state index contributed by atoms with van der Waals surface area (Å²) in [5.74, 6) is -0.0613. The summed E-state index contributed by atoms with van der Waals surface area (Å²) in [5, 5.41) is 13.2. The van der Waals surface area contributed by atoms with Gasteiger partial charge in [-0.15, -0.1) is 0 Å². The van der Waals surface area contributed by atoms with E-state index in [1.165, 1.54) is 12.1 Å². The highest BCUT2D eigenvalue weighted by atomic mass is 35.5. The summed E-state index contributed by atoms with van der Waals surface area (Å²) >= 11 is 6.35. The molecule has 0 aromatic heterocycles. The van der Waals surface area contributed by atoms with Crippen molar-refractivity contribution in [2.24, 2.45) is 0 Å². The van der Waals surface area contributed by atoms with Crippen LogP contribution in [0.2, 0.25) is 5.02 Å². The fourth-order valence-electron chi connectivity index (χ4n) is 6.94. The third-order valence-electron chi connectivity index (χ3n) is 9.93. The number of carbonyl (C=O) groups is 3. The predicted molar refractivity (Wildman–Crippen MR) is 194 cm³/mol. The molecule has 0 unspecified atom stereocenters. The van der Waals surface area contributed by atoms with Gasteiger partial charge in [0, 0.05) is 50.1 Å². The number of carboxylic acid groups (broad SMARTS) is 1. The van der Waals surface area contributed by atoms with Gasteiger partial charge in [-0.1, -0.05) is 35.9 Å². The molecule has 0 spiro atoms. The Morgan fingerprint density at radius 1 is 0.961 bits per heavy atom. The Labute approximate surface area is 303 Å². The van der Waals surface area contributed by atoms with Gasteiger partial charge in [-0.3, -0.25) is 14.4 Å². The molecule has 2 bridgehead atoms. The minimum atomic E-state index is -0.923. The summed E-state index contributed by atoms with van der Waals surface area (Å²) in [6.45, 7) is 5.98. The van der Waals surface area contributed by atoms with E-state index in [1.807, 2.05) is 55.1 Å². The lowest BCUT2D eigenvalue weighted by molar-refractivity contribution is -0.138. The lowest BCUT2D eigenvalue weighted by Gasteiger charge is -2.45. The number of carboxylic acids is 1. The molecule has 1 saturated carbocycles. The normalized spacial score (nSPS) is 18.4. The number of halogens is 2. The van der Waals surface area contributed by atoms with Crippen molar-refractivity contribution in [1.29, 1.82) is 0 Å². The van der Waals surface area contributed by atoms with Gasteiger partial charge in [0.15, 0.2) is 0 Å². The van der Waals surface area contributed by atoms with Gasteiger partial charge in [-0.05, 0) is 110 Å². The highest BCUT2D eigenvalue weighted by Crippen LogP contribution is 2.37. The van der Waals surface area contributed by atoms with E-state index >= 15 is 0 Å². The van der Waals surface area contributed by atoms with E-state index < -0.39 is 5.97 Å². The van der Waals surface area contributed by atoms with Crippen molar-refractivity contribution >= 4 is 35.0 Å². The van der Waals surface area contributed by atoms with Crippen LogP contribution in [-0.2, 0) is 20.8 Å². The fourth-order valence-corrected chi connectivity index (χ4v) is 7.21. The zero-order valence-electron chi connectivity index (χ0n) is 29.1. The molecule has 2 atom stereocenters. The standard InChI is InChI=1S/C40H45ClFN3O6/c1-25-20-34(41)36(21-26(25)2)51-19-18-50-32-14-8-28(9-15-32)33-22-30-23-44(37(46)4-3-5-38(47)48)24-35(43-30)39(33)40(49)45(31-12-13-31)17-16-27-6-10-29(42)11-7-27/h6-11,14-15,20-21,30-31,35,43H,3-5,12-13,16-19,22-24H2,1-2H3,(H,47,48)/t30-,35-/m1/s1. The maximum Gasteiger partial charge on any atom is 0.303 e. The highest BCUT2D eigenvalue weighted by Gasteiger charge is 2.43. The van der Waals surface area contributed by atoms with E-state index in [4.69, 9.17) is 26.2 Å². The number of amides is 2. The Hall–Kier alpha value is -4.41. The van der Waals surface area contributed by atoms with Crippen molar-refractivity contribution in [1.82, 2.24) is 15.1 Å². The molecular formula is C40H45ClFN3O6. The minimum Gasteiger partial charge on any atom is -0.490 e. The predicted octanol–water partition coefficient (Wildman–Crippen LogP) is 6.37. The number of hydrogen-bond donors (Lipinski definition) is 2. The molecule has 3 aromatic carbocycles. The van der Waals surface area contributed by atoms with Crippen molar-refractivity contribution in [3.63, 3.8) is 0 Å². The van der Waals surface area contributed by atoms with Gasteiger partial charge in [0.1, 0.15) is 30.5 Å². The average Bonchev–Trinajstić information content (AvgIpc) is 3.95. The van der Waals surface area contributed by atoms with E-state index in [1.54, 1.807) is 17.0 Å². The van der Waals surface area contributed by atoms with Crippen molar-refractivity contribution in [2.75, 3.05) is 32.8 Å². The molecule has 270 valence electrons. The fraction of sp³-hybridized carbons (Fsp3) is 0.425. The molecule has 9 nitrogen and oxygen atoms in total. The summed E-state index contributed by atoms with van der Waals surface area (Å²) in [4.78, 5) is 42.6. The molecule has 2 fully saturated rings. The number of benzene rings is 3. The second-order valence-corrected chi connectivity index (χ2v) is 14.2. The number of fused-ring (bicyclic) bond motifs is 2. The largest absolute Gasteiger partial charge is 0.490 e. The van der Waals surface area contributed by atoms with Crippen LogP contribution < -0.4 is 14.8 Å². The van der Waals surface area contributed by atoms with Crippen LogP contribution in [0.15, 0.2) is 66.2 Å². The number of aliphatic carboxylic acids is 1. The van der Waals surface area contributed by atoms with Gasteiger partial charge < -0.3 is 29.7 Å². The molecule has 2 N–H and O–H groups in total. The van der Waals surface area contributed by atoms with E-state index in [0.717, 1.165) is 40.7 Å². The lowest BCUT2D eigenvalue weighted by Crippen LogP contribution is -2.62. The monoisotopic (exact) mass is 717 g/mol. The van der Waals surface area contributed by atoms with Gasteiger partial charge in [0.2, 0.25) is 5.91 Å². The van der Waals surface area contributed by atoms with Crippen LogP contribution >= 0.6 is 11.6 Å². The molecule has 1 saturated heterocycles. The van der Waals surface area contributed by atoms with Crippen molar-refractivity contribution < 1.29 is 33.4 Å². The Bertz CT molecular complexity index is 1780. The van der Waals surface area contributed by atoms with Crippen LogP contribution in [0.3, 0.4) is 0 Å². The maximum atomic E-state index is 14.6. The summed E-state index contributed by atoms with van der Waals surface area (Å²) in [6, 6.07) is 17.7. The van der Waals surface area contributed by atoms with Crippen LogP contribution in [0.25, 0.3) is 5.57 Å². The number of piperazine rings is 1. The molecule has 0 radical (unpaired) electrons. The summed E-state index contributed by atoms with van der Waals surface area (Å²) in [5.41, 5.74) is 5.70. The summed E-state index contributed by atoms with van der Waals surface area (Å²) in [6.07, 6.45) is 3.39. The number of hydrogen-bond acceptors (Lipinski definition) is 6. The second-order valence-electron chi connectivity index (χ2n) is 13.8. The van der Waals surface area contributed by atoms with Gasteiger partial charge in [0.25, 0.3) is 5.91 Å². The number of carbonyl (C=O) groups excluding carboxylic acids is 2. The van der Waals surface area contributed by atoms with Crippen molar-refractivity contribution in [2.45, 2.75) is 76.9 Å². The third-order valence-corrected chi connectivity index (χ3v) is 10.2. The van der Waals surface area contributed by atoms with E-state index in [2.05, 4.69) is 5.32 Å². The first-order chi connectivity index (χ1) is 24.5. The molecule has 1 aliphatic carbocycles. The molecular weight excluding hydrogens is 673 g/mol. The Morgan fingerprint density at radius 3 is 2.37 bits per heavy atom. The first-order valence-electron chi connectivity index (χ1n) is 17.7. The number of ether oxygens (including phenoxy) is 2. The van der Waals surface area contributed by atoms with Crippen LogP contribution in [-0.4, -0.2) is 83.7 Å². The summed E-state index contributed by atoms with van der Waals surface area (Å²) in [7, 11) is 0. The molecule has 2 amide bonds. The zero-order valence-corrected chi connectivity index (χ0v) is 29.9. The first kappa shape index (κ1) is 36.4. The molecule has 51 heavy (non-hydrogen) atoms. The topological polar surface area (TPSA) is 108 Å². The molecule has 2 heterocycles. The Kier molecular flexibility index (Phi) is 11.6. The quantitative estimate of drug-likeness (QED) is 0.176. The highest BCUT2D eigenvalue weighted by molar-refractivity contribution is 6.32. The Morgan fingerprint density at radius 2 is 1.67 bits per heavy atom. The summed E-state index contributed by atoms with van der Waals surface area (Å²) < 4.78 is 25.4. The van der Waals surface area contributed by atoms with Crippen molar-refractivity contribution in [3.8, 4) is 11.5 Å². The smallest absolute Gasteiger partial charge is 0.303 e. The number of nitrogens with one attached hydrogen (secondary N) is 1. The van der Waals surface area contributed by atoms with Gasteiger partial charge in [-0.2, -0.15) is 0 Å². The molecule has 6 rings (SSSR count). The minimum absolute atomic E-state index is 0.0479. The lowest BCUT2D eigenvalue weighted by atomic mass is 9.82. The average molecular weight is 718 g/mol.